The molecule has 1 aliphatic heterocycles. The molecule has 1 aliphatic rings. The number of aryl methyl sites for hydroxylation is 2. The van der Waals surface area contributed by atoms with E-state index < -0.39 is 4.92 Å². The fourth-order valence-electron chi connectivity index (χ4n) is 3.28. The number of hydrogen-bond donors (Lipinski definition) is 2. The van der Waals surface area contributed by atoms with Crippen molar-refractivity contribution in [2.45, 2.75) is 32.6 Å². The van der Waals surface area contributed by atoms with E-state index >= 15 is 0 Å². The van der Waals surface area contributed by atoms with Gasteiger partial charge in [-0.2, -0.15) is 5.10 Å². The molecule has 3 rings (SSSR count). The Morgan fingerprint density at radius 3 is 2.88 bits per heavy atom. The molecule has 0 saturated carbocycles. The predicted octanol–water partition coefficient (Wildman–Crippen LogP) is 3.35. The van der Waals surface area contributed by atoms with Gasteiger partial charge in [0.1, 0.15) is 0 Å². The highest BCUT2D eigenvalue weighted by Crippen LogP contribution is 2.28. The summed E-state index contributed by atoms with van der Waals surface area (Å²) in [4.78, 5) is 25.1. The molecule has 0 spiro atoms. The topological polar surface area (TPSA) is 104 Å². The molecular formula is C17H21N5O3. The first-order valence-corrected chi connectivity index (χ1v) is 8.26. The van der Waals surface area contributed by atoms with Crippen molar-refractivity contribution in [3.05, 3.63) is 51.3 Å². The number of rotatable bonds is 3. The van der Waals surface area contributed by atoms with Gasteiger partial charge in [-0.05, 0) is 44.4 Å². The van der Waals surface area contributed by atoms with Crippen LogP contribution in [-0.2, 0) is 0 Å². The summed E-state index contributed by atoms with van der Waals surface area (Å²) >= 11 is 0. The molecule has 1 unspecified atom stereocenters. The van der Waals surface area contributed by atoms with E-state index in [4.69, 9.17) is 0 Å². The Kier molecular flexibility index (Phi) is 4.69. The van der Waals surface area contributed by atoms with Gasteiger partial charge in [0.2, 0.25) is 0 Å². The van der Waals surface area contributed by atoms with Crippen molar-refractivity contribution in [3.63, 3.8) is 0 Å². The minimum absolute atomic E-state index is 0.00915. The van der Waals surface area contributed by atoms with Crippen LogP contribution in [0.5, 0.6) is 0 Å². The lowest BCUT2D eigenvalue weighted by Crippen LogP contribution is -2.41. The fourth-order valence-corrected chi connectivity index (χ4v) is 3.28. The molecule has 1 atom stereocenters. The molecule has 25 heavy (non-hydrogen) atoms. The second-order valence-electron chi connectivity index (χ2n) is 6.44. The van der Waals surface area contributed by atoms with Crippen molar-refractivity contribution in [2.75, 3.05) is 18.4 Å². The number of amides is 2. The minimum atomic E-state index is -0.431. The molecule has 0 aliphatic carbocycles. The summed E-state index contributed by atoms with van der Waals surface area (Å²) in [5, 5.41) is 20.9. The summed E-state index contributed by atoms with van der Waals surface area (Å²) in [6.07, 6.45) is 3.62. The molecule has 1 saturated heterocycles. The van der Waals surface area contributed by atoms with Gasteiger partial charge in [-0.25, -0.2) is 4.79 Å². The largest absolute Gasteiger partial charge is 0.324 e. The number of H-pyrrole nitrogens is 1. The molecule has 2 amide bonds. The molecule has 2 heterocycles. The number of urea groups is 1. The lowest BCUT2D eigenvalue weighted by Gasteiger charge is -2.32. The van der Waals surface area contributed by atoms with Crippen LogP contribution in [-0.4, -0.2) is 39.1 Å². The zero-order valence-corrected chi connectivity index (χ0v) is 14.3. The van der Waals surface area contributed by atoms with Crippen LogP contribution in [0.15, 0.2) is 24.4 Å². The van der Waals surface area contributed by atoms with Gasteiger partial charge < -0.3 is 10.2 Å². The zero-order valence-electron chi connectivity index (χ0n) is 14.3. The predicted molar refractivity (Wildman–Crippen MR) is 93.7 cm³/mol. The third-order valence-electron chi connectivity index (χ3n) is 4.65. The van der Waals surface area contributed by atoms with Crippen LogP contribution < -0.4 is 5.32 Å². The first-order valence-electron chi connectivity index (χ1n) is 8.26. The van der Waals surface area contributed by atoms with Gasteiger partial charge in [0, 0.05) is 42.5 Å². The van der Waals surface area contributed by atoms with E-state index in [2.05, 4.69) is 15.5 Å². The maximum atomic E-state index is 12.6. The molecule has 8 nitrogen and oxygen atoms in total. The highest BCUT2D eigenvalue weighted by Gasteiger charge is 2.26. The van der Waals surface area contributed by atoms with Crippen molar-refractivity contribution < 1.29 is 9.72 Å². The molecule has 2 N–H and O–H groups in total. The number of carbonyl (C=O) groups excluding carboxylic acids is 1. The quantitative estimate of drug-likeness (QED) is 0.658. The van der Waals surface area contributed by atoms with E-state index in [0.29, 0.717) is 24.3 Å². The lowest BCUT2D eigenvalue weighted by atomic mass is 9.95. The summed E-state index contributed by atoms with van der Waals surface area (Å²) in [6.45, 7) is 4.79. The van der Waals surface area contributed by atoms with Crippen LogP contribution in [0.4, 0.5) is 16.2 Å². The van der Waals surface area contributed by atoms with Crippen LogP contribution in [0.2, 0.25) is 0 Å². The molecule has 1 aromatic heterocycles. The Labute approximate surface area is 145 Å². The number of aromatic nitrogens is 2. The molecular weight excluding hydrogens is 322 g/mol. The average Bonchev–Trinajstić information content (AvgIpc) is 3.11. The molecule has 2 aromatic rings. The van der Waals surface area contributed by atoms with E-state index in [1.807, 2.05) is 13.0 Å². The van der Waals surface area contributed by atoms with E-state index in [0.717, 1.165) is 24.1 Å². The van der Waals surface area contributed by atoms with Crippen molar-refractivity contribution in [3.8, 4) is 0 Å². The Hall–Kier alpha value is -2.90. The number of hydrogen-bond acceptors (Lipinski definition) is 4. The number of carbonyl (C=O) groups is 1. The van der Waals surface area contributed by atoms with Crippen LogP contribution in [0.1, 0.15) is 35.6 Å². The monoisotopic (exact) mass is 343 g/mol. The molecule has 8 heteroatoms. The molecule has 132 valence electrons. The third kappa shape index (κ3) is 3.62. The van der Waals surface area contributed by atoms with Gasteiger partial charge in [0.25, 0.3) is 5.69 Å². The maximum Gasteiger partial charge on any atom is 0.321 e. The summed E-state index contributed by atoms with van der Waals surface area (Å²) in [6, 6.07) is 4.85. The van der Waals surface area contributed by atoms with Crippen molar-refractivity contribution in [2.24, 2.45) is 0 Å². The Balaban J connectivity index is 1.74. The minimum Gasteiger partial charge on any atom is -0.324 e. The van der Waals surface area contributed by atoms with Gasteiger partial charge >= 0.3 is 6.03 Å². The van der Waals surface area contributed by atoms with Crippen molar-refractivity contribution >= 4 is 17.4 Å². The van der Waals surface area contributed by atoms with Gasteiger partial charge in [-0.1, -0.05) is 0 Å². The summed E-state index contributed by atoms with van der Waals surface area (Å²) in [7, 11) is 0. The first-order chi connectivity index (χ1) is 12.0. The number of piperidine rings is 1. The number of nitro benzene ring substituents is 1. The van der Waals surface area contributed by atoms with E-state index in [1.165, 1.54) is 6.07 Å². The molecule has 0 radical (unpaired) electrons. The van der Waals surface area contributed by atoms with E-state index in [-0.39, 0.29) is 17.6 Å². The van der Waals surface area contributed by atoms with Crippen LogP contribution >= 0.6 is 0 Å². The number of likely N-dealkylation sites (tertiary alicyclic amines) is 1. The van der Waals surface area contributed by atoms with Gasteiger partial charge in [-0.3, -0.25) is 15.2 Å². The molecule has 0 bridgehead atoms. The molecule has 1 aromatic carbocycles. The zero-order chi connectivity index (χ0) is 18.0. The second kappa shape index (κ2) is 6.92. The van der Waals surface area contributed by atoms with Gasteiger partial charge in [0.15, 0.2) is 0 Å². The third-order valence-corrected chi connectivity index (χ3v) is 4.65. The Bertz CT molecular complexity index is 788. The lowest BCUT2D eigenvalue weighted by molar-refractivity contribution is -0.385. The maximum absolute atomic E-state index is 12.6. The van der Waals surface area contributed by atoms with Crippen molar-refractivity contribution in [1.29, 1.82) is 0 Å². The standard InChI is InChI=1S/C17H21N5O3/c1-11-8-12(2)16(22(24)25)9-15(11)19-17(23)21-7-3-4-13(10-21)14-5-6-18-20-14/h5-6,8-9,13H,3-4,7,10H2,1-2H3,(H,18,20)(H,19,23). The van der Waals surface area contributed by atoms with Crippen molar-refractivity contribution in [1.82, 2.24) is 15.1 Å². The Morgan fingerprint density at radius 1 is 1.40 bits per heavy atom. The highest BCUT2D eigenvalue weighted by atomic mass is 16.6. The van der Waals surface area contributed by atoms with Gasteiger partial charge in [-0.15, -0.1) is 0 Å². The number of benzene rings is 1. The Morgan fingerprint density at radius 2 is 2.20 bits per heavy atom. The number of aromatic amines is 1. The van der Waals surface area contributed by atoms with Gasteiger partial charge in [0.05, 0.1) is 10.6 Å². The normalized spacial score (nSPS) is 17.4. The van der Waals surface area contributed by atoms with E-state index in [9.17, 15) is 14.9 Å². The smallest absolute Gasteiger partial charge is 0.321 e. The molecule has 1 fully saturated rings. The highest BCUT2D eigenvalue weighted by molar-refractivity contribution is 5.90. The number of nitro groups is 1. The van der Waals surface area contributed by atoms with E-state index in [1.54, 1.807) is 24.1 Å². The second-order valence-corrected chi connectivity index (χ2v) is 6.44. The summed E-state index contributed by atoms with van der Waals surface area (Å²) < 4.78 is 0. The first kappa shape index (κ1) is 16.9. The number of anilines is 1. The van der Waals surface area contributed by atoms with Crippen LogP contribution in [0, 0.1) is 24.0 Å². The number of nitrogens with one attached hydrogen (secondary N) is 2. The SMILES string of the molecule is Cc1cc(C)c([N+](=O)[O-])cc1NC(=O)N1CCCC(c2ccn[nH]2)C1. The van der Waals surface area contributed by atoms with Crippen LogP contribution in [0.3, 0.4) is 0 Å². The fraction of sp³-hybridized carbons (Fsp3) is 0.412. The number of nitrogens with zero attached hydrogens (tertiary/aromatic N) is 3. The van der Waals surface area contributed by atoms with Crippen LogP contribution in [0.25, 0.3) is 0 Å². The summed E-state index contributed by atoms with van der Waals surface area (Å²) in [5.74, 6) is 0.232. The summed E-state index contributed by atoms with van der Waals surface area (Å²) in [5.41, 5.74) is 2.90. The average molecular weight is 343 g/mol.